The van der Waals surface area contributed by atoms with Crippen molar-refractivity contribution in [3.05, 3.63) is 0 Å². The maximum atomic E-state index is 5.67. The molecule has 0 aliphatic carbocycles. The van der Waals surface area contributed by atoms with Crippen LogP contribution in [-0.2, 0) is 14.2 Å². The quantitative estimate of drug-likeness (QED) is 0.355. The molecule has 2 rings (SSSR count). The van der Waals surface area contributed by atoms with Gasteiger partial charge in [0.05, 0.1) is 32.8 Å². The van der Waals surface area contributed by atoms with Crippen LogP contribution in [0.25, 0.3) is 0 Å². The average Bonchev–Trinajstić information content (AvgIpc) is 2.61. The van der Waals surface area contributed by atoms with Gasteiger partial charge in [-0.2, -0.15) is 0 Å². The molecule has 0 bridgehead atoms. The van der Waals surface area contributed by atoms with Crippen molar-refractivity contribution in [1.29, 1.82) is 0 Å². The summed E-state index contributed by atoms with van der Waals surface area (Å²) in [6, 6.07) is 0. The minimum atomic E-state index is -0.181. The van der Waals surface area contributed by atoms with Crippen molar-refractivity contribution in [2.24, 2.45) is 5.41 Å². The lowest BCUT2D eigenvalue weighted by atomic mass is 9.82. The van der Waals surface area contributed by atoms with Crippen molar-refractivity contribution in [3.63, 3.8) is 0 Å². The Morgan fingerprint density at radius 3 is 2.09 bits per heavy atom. The Bertz CT molecular complexity index is 329. The van der Waals surface area contributed by atoms with Gasteiger partial charge in [-0.3, -0.25) is 0 Å². The van der Waals surface area contributed by atoms with Gasteiger partial charge < -0.3 is 53.3 Å². The lowest BCUT2D eigenvalue weighted by Gasteiger charge is -2.46. The summed E-state index contributed by atoms with van der Waals surface area (Å²) in [5, 5.41) is 7.31. The van der Waals surface area contributed by atoms with E-state index in [0.717, 1.165) is 30.4 Å². The molecule has 0 aromatic carbocycles. The number of nitrogens with zero attached hydrogens (tertiary/aromatic N) is 1. The third kappa shape index (κ3) is 5.49. The summed E-state index contributed by atoms with van der Waals surface area (Å²) in [6.07, 6.45) is 2.37. The van der Waals surface area contributed by atoms with Gasteiger partial charge in [-0.15, -0.1) is 0 Å². The van der Waals surface area contributed by atoms with E-state index in [1.165, 1.54) is 19.6 Å². The van der Waals surface area contributed by atoms with E-state index in [1.54, 1.807) is 0 Å². The summed E-state index contributed by atoms with van der Waals surface area (Å²) in [7, 11) is 2.34. The zero-order chi connectivity index (χ0) is 16.1. The molecule has 2 N–H and O–H groups in total. The Morgan fingerprint density at radius 2 is 1.61 bits per heavy atom. The fourth-order valence-corrected chi connectivity index (χ4v) is 3.21. The van der Waals surface area contributed by atoms with Gasteiger partial charge in [-0.05, 0) is 20.3 Å². The molecule has 0 aromatic rings. The Kier molecular flexibility index (Phi) is 9.21. The predicted molar refractivity (Wildman–Crippen MR) is 86.0 cm³/mol. The van der Waals surface area contributed by atoms with Gasteiger partial charge in [0, 0.05) is 24.9 Å². The van der Waals surface area contributed by atoms with Gasteiger partial charge in [0.1, 0.15) is 0 Å². The first-order valence-corrected chi connectivity index (χ1v) is 8.69. The van der Waals surface area contributed by atoms with E-state index in [1.807, 2.05) is 0 Å². The number of hydrogen-bond acceptors (Lipinski definition) is 5. The molecule has 2 saturated heterocycles. The van der Waals surface area contributed by atoms with Crippen molar-refractivity contribution in [3.8, 4) is 0 Å². The van der Waals surface area contributed by atoms with Gasteiger partial charge in [0.15, 0.2) is 19.9 Å². The van der Waals surface area contributed by atoms with Crippen LogP contribution in [0.15, 0.2) is 0 Å². The van der Waals surface area contributed by atoms with Crippen LogP contribution in [0.1, 0.15) is 33.6 Å². The number of quaternary nitrogens is 1. The number of rotatable bonds is 7. The average molecular weight is 443 g/mol. The second-order valence-electron chi connectivity index (χ2n) is 6.90. The first-order valence-electron chi connectivity index (χ1n) is 8.69. The van der Waals surface area contributed by atoms with E-state index in [-0.39, 0.29) is 35.7 Å². The van der Waals surface area contributed by atoms with Gasteiger partial charge >= 0.3 is 0 Å². The van der Waals surface area contributed by atoms with E-state index < -0.39 is 0 Å². The third-order valence-electron chi connectivity index (χ3n) is 5.70. The normalized spacial score (nSPS) is 30.0. The lowest BCUT2D eigenvalue weighted by molar-refractivity contribution is -0.906. The molecule has 138 valence electrons. The van der Waals surface area contributed by atoms with Crippen molar-refractivity contribution >= 4 is 0 Å². The molecule has 0 spiro atoms. The Morgan fingerprint density at radius 1 is 1.04 bits per heavy atom. The zero-order valence-electron chi connectivity index (χ0n) is 15.1. The number of nitrogens with one attached hydrogen (secondary N) is 2. The van der Waals surface area contributed by atoms with Crippen molar-refractivity contribution in [2.45, 2.75) is 46.1 Å². The highest BCUT2D eigenvalue weighted by Gasteiger charge is 2.43. The van der Waals surface area contributed by atoms with Crippen LogP contribution >= 0.6 is 0 Å². The monoisotopic (exact) mass is 443 g/mol. The van der Waals surface area contributed by atoms with Crippen molar-refractivity contribution in [1.82, 2.24) is 10.6 Å². The maximum absolute atomic E-state index is 5.67. The second-order valence-corrected chi connectivity index (χ2v) is 6.90. The lowest BCUT2D eigenvalue weighted by Crippen LogP contribution is -3.00. The summed E-state index contributed by atoms with van der Waals surface area (Å²) >= 11 is 0. The number of ether oxygens (including phenoxy) is 3. The Labute approximate surface area is 158 Å². The molecule has 2 aliphatic rings. The summed E-state index contributed by atoms with van der Waals surface area (Å²) in [5.41, 5.74) is -0.00600. The van der Waals surface area contributed by atoms with Crippen LogP contribution in [0.2, 0.25) is 0 Å². The molecule has 0 atom stereocenters. The molecule has 0 unspecified atom stereocenters. The predicted octanol–water partition coefficient (Wildman–Crippen LogP) is -1.91. The first kappa shape index (κ1) is 21.5. The highest BCUT2D eigenvalue weighted by molar-refractivity contribution is 4.92. The summed E-state index contributed by atoms with van der Waals surface area (Å²) in [5.74, 6) is 0. The molecule has 0 saturated carbocycles. The van der Waals surface area contributed by atoms with E-state index in [9.17, 15) is 0 Å². The van der Waals surface area contributed by atoms with E-state index in [4.69, 9.17) is 14.2 Å². The fourth-order valence-electron chi connectivity index (χ4n) is 3.21. The topological polar surface area (TPSA) is 51.8 Å². The fraction of sp³-hybridized carbons (Fsp3) is 1.00. The highest BCUT2D eigenvalue weighted by Crippen LogP contribution is 2.32. The van der Waals surface area contributed by atoms with E-state index in [2.05, 4.69) is 38.5 Å². The SMILES string of the molecule is CCC1(C2OCOCO2)CNC(CC[N+](C)(CC)CC)NC1.[I-]. The van der Waals surface area contributed by atoms with Gasteiger partial charge in [0.25, 0.3) is 0 Å². The maximum Gasteiger partial charge on any atom is 0.171 e. The molecule has 23 heavy (non-hydrogen) atoms. The molecule has 0 aromatic heterocycles. The minimum absolute atomic E-state index is 0. The van der Waals surface area contributed by atoms with Crippen LogP contribution in [0.3, 0.4) is 0 Å². The largest absolute Gasteiger partial charge is 1.00 e. The molecule has 2 heterocycles. The zero-order valence-corrected chi connectivity index (χ0v) is 17.2. The minimum Gasteiger partial charge on any atom is -1.00 e. The standard InChI is InChI=1S/C16H34N3O3.HI/c1-5-16(15-21-12-20-13-22-15)10-17-14(18-11-16)8-9-19(4,6-2)7-3;/h14-15,17-18H,5-13H2,1-4H3;1H/q+1;/p-1. The van der Waals surface area contributed by atoms with E-state index >= 15 is 0 Å². The number of hydrogen-bond donors (Lipinski definition) is 2. The summed E-state index contributed by atoms with van der Waals surface area (Å²) in [4.78, 5) is 0. The van der Waals surface area contributed by atoms with E-state index in [0.29, 0.717) is 19.8 Å². The molecular formula is C16H34IN3O3. The van der Waals surface area contributed by atoms with Gasteiger partial charge in [-0.25, -0.2) is 0 Å². The molecule has 7 heteroatoms. The molecular weight excluding hydrogens is 409 g/mol. The number of halogens is 1. The Balaban J connectivity index is 0.00000264. The molecule has 6 nitrogen and oxygen atoms in total. The van der Waals surface area contributed by atoms with Gasteiger partial charge in [0.2, 0.25) is 0 Å². The second kappa shape index (κ2) is 9.84. The third-order valence-corrected chi connectivity index (χ3v) is 5.70. The smallest absolute Gasteiger partial charge is 0.171 e. The van der Waals surface area contributed by atoms with Crippen LogP contribution in [0.4, 0.5) is 0 Å². The Hall–Kier alpha value is 0.490. The molecule has 0 radical (unpaired) electrons. The van der Waals surface area contributed by atoms with Crippen LogP contribution in [0.5, 0.6) is 0 Å². The summed E-state index contributed by atoms with van der Waals surface area (Å²) in [6.45, 7) is 12.8. The molecule has 2 fully saturated rings. The van der Waals surface area contributed by atoms with Crippen LogP contribution in [0, 0.1) is 5.41 Å². The van der Waals surface area contributed by atoms with Crippen molar-refractivity contribution < 1.29 is 42.7 Å². The highest BCUT2D eigenvalue weighted by atomic mass is 127. The van der Waals surface area contributed by atoms with Crippen molar-refractivity contribution in [2.75, 3.05) is 53.4 Å². The van der Waals surface area contributed by atoms with Crippen LogP contribution in [-0.4, -0.2) is 70.3 Å². The molecule has 0 amide bonds. The first-order chi connectivity index (χ1) is 10.6. The molecule has 2 aliphatic heterocycles. The van der Waals surface area contributed by atoms with Gasteiger partial charge in [-0.1, -0.05) is 6.92 Å². The summed E-state index contributed by atoms with van der Waals surface area (Å²) < 4.78 is 17.6. The van der Waals surface area contributed by atoms with Crippen LogP contribution < -0.4 is 34.6 Å².